The molecule has 0 amide bonds. The summed E-state index contributed by atoms with van der Waals surface area (Å²) in [4.78, 5) is 2.74. The minimum atomic E-state index is 0.506. The van der Waals surface area contributed by atoms with Crippen molar-refractivity contribution in [3.8, 4) is 0 Å². The first-order chi connectivity index (χ1) is 11.2. The Morgan fingerprint density at radius 1 is 0.870 bits per heavy atom. The van der Waals surface area contributed by atoms with Gasteiger partial charge in [-0.15, -0.1) is 0 Å². The Bertz CT molecular complexity index is 691. The molecule has 4 saturated carbocycles. The maximum absolute atomic E-state index is 2.74. The minimum absolute atomic E-state index is 0.506. The van der Waals surface area contributed by atoms with Crippen LogP contribution in [0, 0.1) is 17.8 Å². The average Bonchev–Trinajstić information content (AvgIpc) is 2.54. The molecule has 0 atom stereocenters. The fourth-order valence-corrected chi connectivity index (χ4v) is 6.39. The highest BCUT2D eigenvalue weighted by molar-refractivity contribution is 5.85. The van der Waals surface area contributed by atoms with E-state index in [0.717, 1.165) is 24.3 Å². The zero-order valence-corrected chi connectivity index (χ0v) is 14.2. The van der Waals surface area contributed by atoms with Gasteiger partial charge in [0.05, 0.1) is 0 Å². The van der Waals surface area contributed by atoms with E-state index in [2.05, 4.69) is 54.4 Å². The number of rotatable bonds is 3. The summed E-state index contributed by atoms with van der Waals surface area (Å²) in [5.41, 5.74) is 2.01. The third kappa shape index (κ3) is 2.24. The molecule has 0 heterocycles. The van der Waals surface area contributed by atoms with Crippen LogP contribution in [0.1, 0.15) is 44.1 Å². The summed E-state index contributed by atoms with van der Waals surface area (Å²) in [5, 5.41) is 2.82. The van der Waals surface area contributed by atoms with Crippen LogP contribution in [-0.2, 0) is 6.54 Å². The molecule has 0 aliphatic heterocycles. The van der Waals surface area contributed by atoms with Crippen molar-refractivity contribution in [1.82, 2.24) is 4.90 Å². The van der Waals surface area contributed by atoms with E-state index in [-0.39, 0.29) is 0 Å². The summed E-state index contributed by atoms with van der Waals surface area (Å²) in [7, 11) is 2.40. The first-order valence-corrected chi connectivity index (χ1v) is 9.40. The second kappa shape index (κ2) is 5.08. The van der Waals surface area contributed by atoms with Crippen LogP contribution in [0.5, 0.6) is 0 Å². The maximum Gasteiger partial charge on any atom is 0.0242 e. The molecule has 23 heavy (non-hydrogen) atoms. The monoisotopic (exact) mass is 305 g/mol. The second-order valence-corrected chi connectivity index (χ2v) is 8.64. The van der Waals surface area contributed by atoms with E-state index < -0.39 is 0 Å². The van der Waals surface area contributed by atoms with Crippen LogP contribution in [0.3, 0.4) is 0 Å². The molecular formula is C22H27N. The lowest BCUT2D eigenvalue weighted by molar-refractivity contribution is -0.0820. The van der Waals surface area contributed by atoms with Crippen LogP contribution in [0.15, 0.2) is 42.5 Å². The van der Waals surface area contributed by atoms with Crippen LogP contribution >= 0.6 is 0 Å². The molecular weight excluding hydrogens is 278 g/mol. The van der Waals surface area contributed by atoms with Crippen LogP contribution < -0.4 is 0 Å². The summed E-state index contributed by atoms with van der Waals surface area (Å²) >= 11 is 0. The number of hydrogen-bond donors (Lipinski definition) is 0. The Hall–Kier alpha value is -1.34. The maximum atomic E-state index is 2.74. The highest BCUT2D eigenvalue weighted by Crippen LogP contribution is 2.57. The standard InChI is InChI=1S/C22H27N/c1-23(15-20-7-4-6-19-5-2-3-8-21(19)20)22-12-16-9-17(13-22)11-18(10-16)14-22/h2-8,16-18H,9-15H2,1H3. The topological polar surface area (TPSA) is 3.24 Å². The average molecular weight is 305 g/mol. The molecule has 4 aliphatic rings. The molecule has 2 aromatic carbocycles. The van der Waals surface area contributed by atoms with Gasteiger partial charge in [0.2, 0.25) is 0 Å². The SMILES string of the molecule is CN(Cc1cccc2ccccc12)C12CC3CC(CC(C3)C1)C2. The van der Waals surface area contributed by atoms with Crippen molar-refractivity contribution in [3.63, 3.8) is 0 Å². The lowest BCUT2D eigenvalue weighted by atomic mass is 9.52. The Labute approximate surface area is 139 Å². The van der Waals surface area contributed by atoms with Gasteiger partial charge >= 0.3 is 0 Å². The van der Waals surface area contributed by atoms with Gasteiger partial charge in [0.1, 0.15) is 0 Å². The fraction of sp³-hybridized carbons (Fsp3) is 0.545. The summed E-state index contributed by atoms with van der Waals surface area (Å²) in [5.74, 6) is 3.07. The quantitative estimate of drug-likeness (QED) is 0.749. The van der Waals surface area contributed by atoms with E-state index in [9.17, 15) is 0 Å². The van der Waals surface area contributed by atoms with E-state index in [1.165, 1.54) is 54.9 Å². The zero-order chi connectivity index (χ0) is 15.4. The van der Waals surface area contributed by atoms with Crippen molar-refractivity contribution < 1.29 is 0 Å². The molecule has 6 rings (SSSR count). The van der Waals surface area contributed by atoms with Gasteiger partial charge in [-0.1, -0.05) is 42.5 Å². The highest BCUT2D eigenvalue weighted by Gasteiger charge is 2.52. The van der Waals surface area contributed by atoms with E-state index in [1.807, 2.05) is 0 Å². The fourth-order valence-electron chi connectivity index (χ4n) is 6.39. The van der Waals surface area contributed by atoms with Gasteiger partial charge in [-0.25, -0.2) is 0 Å². The van der Waals surface area contributed by atoms with Crippen molar-refractivity contribution in [2.75, 3.05) is 7.05 Å². The Morgan fingerprint density at radius 2 is 1.48 bits per heavy atom. The molecule has 4 bridgehead atoms. The van der Waals surface area contributed by atoms with Crippen molar-refractivity contribution in [2.45, 2.75) is 50.6 Å². The first-order valence-electron chi connectivity index (χ1n) is 9.40. The van der Waals surface area contributed by atoms with Crippen molar-refractivity contribution >= 4 is 10.8 Å². The molecule has 1 nitrogen and oxygen atoms in total. The smallest absolute Gasteiger partial charge is 0.0242 e. The Kier molecular flexibility index (Phi) is 3.10. The normalized spacial score (nSPS) is 35.3. The van der Waals surface area contributed by atoms with Crippen LogP contribution in [-0.4, -0.2) is 17.5 Å². The number of hydrogen-bond acceptors (Lipinski definition) is 1. The Balaban J connectivity index is 1.46. The summed E-state index contributed by atoms with van der Waals surface area (Å²) < 4.78 is 0. The van der Waals surface area contributed by atoms with Crippen molar-refractivity contribution in [3.05, 3.63) is 48.0 Å². The van der Waals surface area contributed by atoms with Gasteiger partial charge in [-0.05, 0) is 79.7 Å². The van der Waals surface area contributed by atoms with Crippen LogP contribution in [0.2, 0.25) is 0 Å². The number of fused-ring (bicyclic) bond motifs is 1. The van der Waals surface area contributed by atoms with Gasteiger partial charge in [0, 0.05) is 12.1 Å². The molecule has 0 N–H and O–H groups in total. The van der Waals surface area contributed by atoms with Gasteiger partial charge in [0.25, 0.3) is 0 Å². The van der Waals surface area contributed by atoms with E-state index in [1.54, 1.807) is 0 Å². The second-order valence-electron chi connectivity index (χ2n) is 8.64. The Morgan fingerprint density at radius 3 is 2.17 bits per heavy atom. The van der Waals surface area contributed by atoms with Gasteiger partial charge in [0.15, 0.2) is 0 Å². The highest BCUT2D eigenvalue weighted by atomic mass is 15.2. The third-order valence-electron chi connectivity index (χ3n) is 7.10. The molecule has 4 aliphatic carbocycles. The summed E-state index contributed by atoms with van der Waals surface area (Å²) in [6, 6.07) is 15.7. The van der Waals surface area contributed by atoms with Gasteiger partial charge < -0.3 is 0 Å². The molecule has 120 valence electrons. The molecule has 0 aromatic heterocycles. The molecule has 0 radical (unpaired) electrons. The van der Waals surface area contributed by atoms with Crippen molar-refractivity contribution in [2.24, 2.45) is 17.8 Å². The van der Waals surface area contributed by atoms with Crippen LogP contribution in [0.25, 0.3) is 10.8 Å². The molecule has 1 heteroatoms. The van der Waals surface area contributed by atoms with E-state index in [4.69, 9.17) is 0 Å². The van der Waals surface area contributed by atoms with Gasteiger partial charge in [-0.3, -0.25) is 4.90 Å². The van der Waals surface area contributed by atoms with E-state index >= 15 is 0 Å². The van der Waals surface area contributed by atoms with E-state index in [0.29, 0.717) is 5.54 Å². The first kappa shape index (κ1) is 14.0. The summed E-state index contributed by atoms with van der Waals surface area (Å²) in [6.45, 7) is 1.10. The zero-order valence-electron chi connectivity index (χ0n) is 14.2. The predicted molar refractivity (Wildman–Crippen MR) is 96.3 cm³/mol. The third-order valence-corrected chi connectivity index (χ3v) is 7.10. The lowest BCUT2D eigenvalue weighted by Gasteiger charge is -2.60. The molecule has 2 aromatic rings. The predicted octanol–water partition coefficient (Wildman–Crippen LogP) is 5.24. The van der Waals surface area contributed by atoms with Gasteiger partial charge in [-0.2, -0.15) is 0 Å². The minimum Gasteiger partial charge on any atom is -0.296 e. The summed E-state index contributed by atoms with van der Waals surface area (Å²) in [6.07, 6.45) is 8.96. The molecule has 4 fully saturated rings. The number of benzene rings is 2. The van der Waals surface area contributed by atoms with Crippen molar-refractivity contribution in [1.29, 1.82) is 0 Å². The molecule has 0 unspecified atom stereocenters. The lowest BCUT2D eigenvalue weighted by Crippen LogP contribution is -2.58. The van der Waals surface area contributed by atoms with Crippen LogP contribution in [0.4, 0.5) is 0 Å². The number of nitrogens with zero attached hydrogens (tertiary/aromatic N) is 1. The largest absolute Gasteiger partial charge is 0.296 e. The molecule has 0 spiro atoms. The molecule has 0 saturated heterocycles.